The van der Waals surface area contributed by atoms with Gasteiger partial charge in [-0.15, -0.1) is 0 Å². The zero-order valence-corrected chi connectivity index (χ0v) is 9.49. The Morgan fingerprint density at radius 1 is 1.47 bits per heavy atom. The molecular formula is C12H13NO4. The summed E-state index contributed by atoms with van der Waals surface area (Å²) in [4.78, 5) is 24.7. The molecule has 17 heavy (non-hydrogen) atoms. The number of aromatic amines is 1. The number of rotatable bonds is 4. The molecule has 0 spiro atoms. The van der Waals surface area contributed by atoms with Crippen molar-refractivity contribution in [3.8, 4) is 0 Å². The van der Waals surface area contributed by atoms with E-state index in [2.05, 4.69) is 4.98 Å². The Bertz CT molecular complexity index is 581. The molecule has 0 atom stereocenters. The lowest BCUT2D eigenvalue weighted by atomic mass is 10.1. The third-order valence-corrected chi connectivity index (χ3v) is 2.41. The van der Waals surface area contributed by atoms with Crippen molar-refractivity contribution in [3.05, 3.63) is 34.3 Å². The normalized spacial score (nSPS) is 10.6. The third-order valence-electron chi connectivity index (χ3n) is 2.41. The highest BCUT2D eigenvalue weighted by Crippen LogP contribution is 2.13. The number of benzene rings is 1. The molecule has 5 nitrogen and oxygen atoms in total. The summed E-state index contributed by atoms with van der Waals surface area (Å²) < 4.78 is 9.77. The van der Waals surface area contributed by atoms with E-state index in [-0.39, 0.29) is 5.97 Å². The second kappa shape index (κ2) is 4.86. The van der Waals surface area contributed by atoms with Crippen molar-refractivity contribution in [1.82, 2.24) is 4.98 Å². The van der Waals surface area contributed by atoms with Gasteiger partial charge in [0.25, 0.3) is 0 Å². The predicted molar refractivity (Wildman–Crippen MR) is 61.8 cm³/mol. The lowest BCUT2D eigenvalue weighted by Gasteiger charge is -2.01. The monoisotopic (exact) mass is 235 g/mol. The average molecular weight is 235 g/mol. The van der Waals surface area contributed by atoms with Crippen molar-refractivity contribution in [2.24, 2.45) is 0 Å². The molecule has 1 aromatic heterocycles. The maximum absolute atomic E-state index is 11.2. The fraction of sp³-hybridized carbons (Fsp3) is 0.333. The minimum Gasteiger partial charge on any atom is -0.466 e. The van der Waals surface area contributed by atoms with E-state index in [0.717, 1.165) is 5.56 Å². The summed E-state index contributed by atoms with van der Waals surface area (Å²) in [5.74, 6) is -0.689. The second-order valence-corrected chi connectivity index (χ2v) is 3.65. The maximum atomic E-state index is 11.2. The lowest BCUT2D eigenvalue weighted by molar-refractivity contribution is -0.143. The predicted octanol–water partition coefficient (Wildman–Crippen LogP) is 1.62. The van der Waals surface area contributed by atoms with Crippen molar-refractivity contribution >= 4 is 17.1 Å². The van der Waals surface area contributed by atoms with Crippen molar-refractivity contribution < 1.29 is 13.9 Å². The number of esters is 1. The number of hydrogen-bond acceptors (Lipinski definition) is 4. The molecule has 0 saturated heterocycles. The van der Waals surface area contributed by atoms with Gasteiger partial charge in [0, 0.05) is 6.42 Å². The highest BCUT2D eigenvalue weighted by atomic mass is 16.5. The van der Waals surface area contributed by atoms with E-state index in [1.54, 1.807) is 19.1 Å². The van der Waals surface area contributed by atoms with E-state index < -0.39 is 5.76 Å². The Morgan fingerprint density at radius 3 is 3.06 bits per heavy atom. The van der Waals surface area contributed by atoms with Crippen LogP contribution in [0.15, 0.2) is 27.4 Å². The quantitative estimate of drug-likeness (QED) is 0.817. The van der Waals surface area contributed by atoms with Gasteiger partial charge in [-0.25, -0.2) is 4.79 Å². The van der Waals surface area contributed by atoms with E-state index in [0.29, 0.717) is 30.5 Å². The SMILES string of the molecule is CCOC(=O)CCc1ccc2[nH]c(=O)oc2c1. The summed E-state index contributed by atoms with van der Waals surface area (Å²) in [6.45, 7) is 2.17. The van der Waals surface area contributed by atoms with Crippen molar-refractivity contribution in [2.45, 2.75) is 19.8 Å². The number of carbonyl (C=O) groups is 1. The van der Waals surface area contributed by atoms with Crippen LogP contribution in [0.25, 0.3) is 11.1 Å². The highest BCUT2D eigenvalue weighted by Gasteiger charge is 2.05. The van der Waals surface area contributed by atoms with Crippen LogP contribution in [0.3, 0.4) is 0 Å². The Hall–Kier alpha value is -2.04. The van der Waals surface area contributed by atoms with Crippen LogP contribution in [0.1, 0.15) is 18.9 Å². The summed E-state index contributed by atoms with van der Waals surface area (Å²) >= 11 is 0. The van der Waals surface area contributed by atoms with Crippen LogP contribution in [0.4, 0.5) is 0 Å². The molecule has 90 valence electrons. The van der Waals surface area contributed by atoms with Crippen LogP contribution >= 0.6 is 0 Å². The van der Waals surface area contributed by atoms with E-state index in [9.17, 15) is 9.59 Å². The number of H-pyrrole nitrogens is 1. The van der Waals surface area contributed by atoms with Crippen LogP contribution in [-0.2, 0) is 16.0 Å². The lowest BCUT2D eigenvalue weighted by Crippen LogP contribution is -2.04. The Labute approximate surface area is 97.4 Å². The van der Waals surface area contributed by atoms with Crippen LogP contribution in [0.2, 0.25) is 0 Å². The topological polar surface area (TPSA) is 72.3 Å². The van der Waals surface area contributed by atoms with Gasteiger partial charge in [0.05, 0.1) is 12.1 Å². The number of aryl methyl sites for hydroxylation is 1. The first kappa shape index (κ1) is 11.4. The number of nitrogens with one attached hydrogen (secondary N) is 1. The zero-order valence-electron chi connectivity index (χ0n) is 9.49. The second-order valence-electron chi connectivity index (χ2n) is 3.65. The maximum Gasteiger partial charge on any atom is 0.417 e. The van der Waals surface area contributed by atoms with Gasteiger partial charge in [-0.3, -0.25) is 9.78 Å². The zero-order chi connectivity index (χ0) is 12.3. The first-order valence-electron chi connectivity index (χ1n) is 5.46. The number of fused-ring (bicyclic) bond motifs is 1. The minimum absolute atomic E-state index is 0.219. The summed E-state index contributed by atoms with van der Waals surface area (Å²) in [6.07, 6.45) is 0.900. The molecule has 0 bridgehead atoms. The van der Waals surface area contributed by atoms with E-state index >= 15 is 0 Å². The molecule has 0 aliphatic rings. The van der Waals surface area contributed by atoms with Crippen LogP contribution in [0.5, 0.6) is 0 Å². The molecular weight excluding hydrogens is 222 g/mol. The molecule has 0 unspecified atom stereocenters. The molecule has 0 amide bonds. The molecule has 0 radical (unpaired) electrons. The first-order chi connectivity index (χ1) is 8.19. The van der Waals surface area contributed by atoms with E-state index in [1.165, 1.54) is 0 Å². The van der Waals surface area contributed by atoms with Gasteiger partial charge in [0.15, 0.2) is 5.58 Å². The number of hydrogen-bond donors (Lipinski definition) is 1. The van der Waals surface area contributed by atoms with Gasteiger partial charge >= 0.3 is 11.7 Å². The third kappa shape index (κ3) is 2.75. The molecule has 1 heterocycles. The van der Waals surface area contributed by atoms with Crippen LogP contribution in [0, 0.1) is 0 Å². The van der Waals surface area contributed by atoms with Crippen LogP contribution in [-0.4, -0.2) is 17.6 Å². The fourth-order valence-electron chi connectivity index (χ4n) is 1.62. The fourth-order valence-corrected chi connectivity index (χ4v) is 1.62. The van der Waals surface area contributed by atoms with Gasteiger partial charge in [0.2, 0.25) is 0 Å². The summed E-state index contributed by atoms with van der Waals surface area (Å²) in [5, 5.41) is 0. The first-order valence-corrected chi connectivity index (χ1v) is 5.46. The molecule has 5 heteroatoms. The Balaban J connectivity index is 2.08. The van der Waals surface area contributed by atoms with Gasteiger partial charge < -0.3 is 9.15 Å². The smallest absolute Gasteiger partial charge is 0.417 e. The number of oxazole rings is 1. The summed E-state index contributed by atoms with van der Waals surface area (Å²) in [6, 6.07) is 5.38. The van der Waals surface area contributed by atoms with E-state index in [4.69, 9.17) is 9.15 Å². The Morgan fingerprint density at radius 2 is 2.29 bits per heavy atom. The number of carbonyl (C=O) groups excluding carboxylic acids is 1. The van der Waals surface area contributed by atoms with Gasteiger partial charge in [-0.05, 0) is 31.0 Å². The Kier molecular flexibility index (Phi) is 3.27. The minimum atomic E-state index is -0.470. The standard InChI is InChI=1S/C12H13NO4/c1-2-16-11(14)6-4-8-3-5-9-10(7-8)17-12(15)13-9/h3,5,7H,2,4,6H2,1H3,(H,13,15). The van der Waals surface area contributed by atoms with Crippen molar-refractivity contribution in [1.29, 1.82) is 0 Å². The molecule has 0 aliphatic heterocycles. The molecule has 2 aromatic rings. The van der Waals surface area contributed by atoms with Crippen LogP contribution < -0.4 is 5.76 Å². The largest absolute Gasteiger partial charge is 0.466 e. The summed E-state index contributed by atoms with van der Waals surface area (Å²) in [5.41, 5.74) is 2.11. The molecule has 0 saturated carbocycles. The average Bonchev–Trinajstić information content (AvgIpc) is 2.66. The summed E-state index contributed by atoms with van der Waals surface area (Å²) in [7, 11) is 0. The molecule has 0 aliphatic carbocycles. The molecule has 1 aromatic carbocycles. The van der Waals surface area contributed by atoms with E-state index in [1.807, 2.05) is 6.07 Å². The van der Waals surface area contributed by atoms with Crippen molar-refractivity contribution in [3.63, 3.8) is 0 Å². The molecule has 1 N–H and O–H groups in total. The van der Waals surface area contributed by atoms with Gasteiger partial charge in [-0.1, -0.05) is 6.07 Å². The number of aromatic nitrogens is 1. The molecule has 2 rings (SSSR count). The van der Waals surface area contributed by atoms with Gasteiger partial charge in [0.1, 0.15) is 0 Å². The van der Waals surface area contributed by atoms with Gasteiger partial charge in [-0.2, -0.15) is 0 Å². The number of ether oxygens (including phenoxy) is 1. The van der Waals surface area contributed by atoms with Crippen molar-refractivity contribution in [2.75, 3.05) is 6.61 Å². The highest BCUT2D eigenvalue weighted by molar-refractivity contribution is 5.73. The molecule has 0 fully saturated rings.